The largest absolute Gasteiger partial charge is 0.380 e. The van der Waals surface area contributed by atoms with E-state index in [-0.39, 0.29) is 16.3 Å². The number of hydrogen-bond donors (Lipinski definition) is 2. The summed E-state index contributed by atoms with van der Waals surface area (Å²) in [7, 11) is -3.88. The van der Waals surface area contributed by atoms with Gasteiger partial charge >= 0.3 is 0 Å². The molecule has 0 aliphatic rings. The Bertz CT molecular complexity index is 935. The lowest BCUT2D eigenvalue weighted by atomic mass is 10.1. The predicted octanol–water partition coefficient (Wildman–Crippen LogP) is 2.80. The summed E-state index contributed by atoms with van der Waals surface area (Å²) < 4.78 is 37.1. The molecule has 0 aromatic heterocycles. The molecule has 2 rings (SSSR count). The number of nitrogens with zero attached hydrogens (tertiary/aromatic N) is 2. The smallest absolute Gasteiger partial charge is 0.238 e. The lowest BCUT2D eigenvalue weighted by Gasteiger charge is -2.22. The molecule has 0 heterocycles. The molecule has 0 radical (unpaired) electrons. The molecule has 0 fully saturated rings. The van der Waals surface area contributed by atoms with E-state index in [2.05, 4.69) is 5.32 Å². The zero-order valence-electron chi connectivity index (χ0n) is 14.7. The fraction of sp³-hybridized carbons (Fsp3) is 0.278. The van der Waals surface area contributed by atoms with Gasteiger partial charge in [-0.25, -0.2) is 17.9 Å². The highest BCUT2D eigenvalue weighted by molar-refractivity contribution is 7.89. The Labute approximate surface area is 153 Å². The van der Waals surface area contributed by atoms with Gasteiger partial charge in [-0.3, -0.25) is 0 Å². The van der Waals surface area contributed by atoms with Gasteiger partial charge in [-0.05, 0) is 49.7 Å². The third-order valence-corrected chi connectivity index (χ3v) is 4.95. The topological polar surface area (TPSA) is 99.2 Å². The molecule has 8 heteroatoms. The summed E-state index contributed by atoms with van der Waals surface area (Å²) in [6.45, 7) is 5.65. The molecule has 0 amide bonds. The molecule has 0 aliphatic carbocycles. The maximum absolute atomic E-state index is 14.3. The van der Waals surface area contributed by atoms with Crippen molar-refractivity contribution in [3.63, 3.8) is 0 Å². The highest BCUT2D eigenvalue weighted by atomic mass is 32.2. The molecular formula is C18H21FN4O2S. The number of halogens is 1. The summed E-state index contributed by atoms with van der Waals surface area (Å²) in [5.41, 5.74) is 1.86. The first-order valence-corrected chi connectivity index (χ1v) is 9.69. The van der Waals surface area contributed by atoms with E-state index in [9.17, 15) is 18.1 Å². The fourth-order valence-electron chi connectivity index (χ4n) is 2.63. The molecule has 0 bridgehead atoms. The Kier molecular flexibility index (Phi) is 6.18. The monoisotopic (exact) mass is 376 g/mol. The summed E-state index contributed by atoms with van der Waals surface area (Å²) in [6, 6.07) is 10.9. The average Bonchev–Trinajstić information content (AvgIpc) is 2.61. The molecular weight excluding hydrogens is 355 g/mol. The van der Waals surface area contributed by atoms with Crippen LogP contribution >= 0.6 is 0 Å². The van der Waals surface area contributed by atoms with Gasteiger partial charge in [0.25, 0.3) is 0 Å². The third-order valence-electron chi connectivity index (χ3n) is 4.04. The van der Waals surface area contributed by atoms with Gasteiger partial charge in [0.1, 0.15) is 11.9 Å². The molecule has 2 aromatic carbocycles. The van der Waals surface area contributed by atoms with Crippen molar-refractivity contribution in [2.45, 2.75) is 25.3 Å². The van der Waals surface area contributed by atoms with Crippen LogP contribution in [-0.4, -0.2) is 21.5 Å². The second-order valence-corrected chi connectivity index (χ2v) is 7.24. The Hall–Kier alpha value is -2.63. The normalized spacial score (nSPS) is 11.0. The number of hydrogen-bond acceptors (Lipinski definition) is 5. The minimum Gasteiger partial charge on any atom is -0.380 e. The SMILES string of the molecule is CCN(CC)c1ccc(CNc2ccc(S(N)(=O)=O)cc2C#N)cc1F. The quantitative estimate of drug-likeness (QED) is 0.774. The van der Waals surface area contributed by atoms with E-state index in [4.69, 9.17) is 5.14 Å². The minimum absolute atomic E-state index is 0.130. The number of anilines is 2. The van der Waals surface area contributed by atoms with E-state index in [0.29, 0.717) is 36.6 Å². The number of nitrogens with two attached hydrogens (primary N) is 1. The van der Waals surface area contributed by atoms with Gasteiger partial charge in [0, 0.05) is 19.6 Å². The number of rotatable bonds is 7. The van der Waals surface area contributed by atoms with Crippen LogP contribution < -0.4 is 15.4 Å². The highest BCUT2D eigenvalue weighted by Gasteiger charge is 2.12. The van der Waals surface area contributed by atoms with Crippen molar-refractivity contribution in [3.05, 3.63) is 53.3 Å². The molecule has 0 saturated heterocycles. The average molecular weight is 376 g/mol. The first-order chi connectivity index (χ1) is 12.3. The van der Waals surface area contributed by atoms with Crippen molar-refractivity contribution in [1.82, 2.24) is 0 Å². The maximum atomic E-state index is 14.3. The molecule has 0 aliphatic heterocycles. The number of benzene rings is 2. The van der Waals surface area contributed by atoms with Gasteiger partial charge in [-0.1, -0.05) is 6.07 Å². The molecule has 0 spiro atoms. The van der Waals surface area contributed by atoms with Gasteiger partial charge < -0.3 is 10.2 Å². The van der Waals surface area contributed by atoms with Gasteiger partial charge in [0.15, 0.2) is 0 Å². The summed E-state index contributed by atoms with van der Waals surface area (Å²) in [5.74, 6) is -0.307. The number of sulfonamides is 1. The van der Waals surface area contributed by atoms with Gasteiger partial charge in [-0.2, -0.15) is 5.26 Å². The fourth-order valence-corrected chi connectivity index (χ4v) is 3.17. The van der Waals surface area contributed by atoms with E-state index in [0.717, 1.165) is 0 Å². The molecule has 0 unspecified atom stereocenters. The van der Waals surface area contributed by atoms with Crippen molar-refractivity contribution in [2.24, 2.45) is 5.14 Å². The number of primary sulfonamides is 1. The molecule has 26 heavy (non-hydrogen) atoms. The van der Waals surface area contributed by atoms with Crippen LogP contribution in [0.3, 0.4) is 0 Å². The molecule has 6 nitrogen and oxygen atoms in total. The van der Waals surface area contributed by atoms with Crippen molar-refractivity contribution in [1.29, 1.82) is 5.26 Å². The lowest BCUT2D eigenvalue weighted by molar-refractivity contribution is 0.597. The lowest BCUT2D eigenvalue weighted by Crippen LogP contribution is -2.23. The minimum atomic E-state index is -3.88. The van der Waals surface area contributed by atoms with Crippen molar-refractivity contribution in [2.75, 3.05) is 23.3 Å². The Morgan fingerprint density at radius 2 is 1.88 bits per heavy atom. The number of nitrogens with one attached hydrogen (secondary N) is 1. The second-order valence-electron chi connectivity index (χ2n) is 5.68. The summed E-state index contributed by atoms with van der Waals surface area (Å²) in [5, 5.41) is 17.3. The Morgan fingerprint density at radius 1 is 1.19 bits per heavy atom. The highest BCUT2D eigenvalue weighted by Crippen LogP contribution is 2.23. The van der Waals surface area contributed by atoms with Crippen LogP contribution in [0.5, 0.6) is 0 Å². The van der Waals surface area contributed by atoms with Gasteiger partial charge in [-0.15, -0.1) is 0 Å². The molecule has 2 aromatic rings. The van der Waals surface area contributed by atoms with Crippen LogP contribution in [0.15, 0.2) is 41.3 Å². The van der Waals surface area contributed by atoms with Gasteiger partial charge in [0.2, 0.25) is 10.0 Å². The van der Waals surface area contributed by atoms with Gasteiger partial charge in [0.05, 0.1) is 21.8 Å². The van der Waals surface area contributed by atoms with Crippen molar-refractivity contribution >= 4 is 21.4 Å². The third kappa shape index (κ3) is 4.50. The maximum Gasteiger partial charge on any atom is 0.238 e. The van der Waals surface area contributed by atoms with Crippen LogP contribution in [0.2, 0.25) is 0 Å². The predicted molar refractivity (Wildman–Crippen MR) is 99.8 cm³/mol. The zero-order valence-corrected chi connectivity index (χ0v) is 15.5. The Morgan fingerprint density at radius 3 is 2.42 bits per heavy atom. The number of nitriles is 1. The van der Waals surface area contributed by atoms with Crippen LogP contribution in [0, 0.1) is 17.1 Å². The van der Waals surface area contributed by atoms with E-state index < -0.39 is 10.0 Å². The summed E-state index contributed by atoms with van der Waals surface area (Å²) >= 11 is 0. The van der Waals surface area contributed by atoms with Crippen LogP contribution in [0.1, 0.15) is 25.0 Å². The van der Waals surface area contributed by atoms with E-state index in [1.165, 1.54) is 24.3 Å². The van der Waals surface area contributed by atoms with E-state index >= 15 is 0 Å². The van der Waals surface area contributed by atoms with Crippen LogP contribution in [-0.2, 0) is 16.6 Å². The summed E-state index contributed by atoms with van der Waals surface area (Å²) in [4.78, 5) is 1.79. The van der Waals surface area contributed by atoms with Crippen molar-refractivity contribution in [3.8, 4) is 6.07 Å². The molecule has 0 atom stereocenters. The summed E-state index contributed by atoms with van der Waals surface area (Å²) in [6.07, 6.45) is 0. The first kappa shape index (κ1) is 19.7. The molecule has 138 valence electrons. The second kappa shape index (κ2) is 8.17. The van der Waals surface area contributed by atoms with E-state index in [1.54, 1.807) is 6.07 Å². The van der Waals surface area contributed by atoms with E-state index in [1.807, 2.05) is 30.9 Å². The first-order valence-electron chi connectivity index (χ1n) is 8.14. The van der Waals surface area contributed by atoms with Crippen LogP contribution in [0.25, 0.3) is 0 Å². The standard InChI is InChI=1S/C18H21FN4O2S/c1-3-23(4-2)18-8-5-13(9-16(18)19)12-22-17-7-6-15(26(21,24)25)10-14(17)11-20/h5-10,22H,3-4,12H2,1-2H3,(H2,21,24,25). The zero-order chi connectivity index (χ0) is 19.3. The molecule has 3 N–H and O–H groups in total. The Balaban J connectivity index is 2.19. The van der Waals surface area contributed by atoms with Crippen molar-refractivity contribution < 1.29 is 12.8 Å². The van der Waals surface area contributed by atoms with Crippen LogP contribution in [0.4, 0.5) is 15.8 Å². The molecule has 0 saturated carbocycles.